The molecule has 6 heteroatoms. The smallest absolute Gasteiger partial charge is 0.249 e. The van der Waals surface area contributed by atoms with E-state index in [1.807, 2.05) is 66.5 Å². The van der Waals surface area contributed by atoms with Crippen LogP contribution in [0.15, 0.2) is 65.3 Å². The Kier molecular flexibility index (Phi) is 4.29. The van der Waals surface area contributed by atoms with Gasteiger partial charge in [0.1, 0.15) is 0 Å². The number of aromatic nitrogens is 3. The molecule has 22 heavy (non-hydrogen) atoms. The number of nitrogens with zero attached hydrogens (tertiary/aromatic N) is 4. The number of rotatable bonds is 4. The molecular weight excluding hydrogens is 342 g/mol. The van der Waals surface area contributed by atoms with Gasteiger partial charge in [-0.3, -0.25) is 0 Å². The maximum absolute atomic E-state index is 4.50. The van der Waals surface area contributed by atoms with E-state index in [9.17, 15) is 0 Å². The number of para-hydroxylation sites is 1. The highest BCUT2D eigenvalue weighted by Gasteiger charge is 2.07. The Morgan fingerprint density at radius 2 is 1.86 bits per heavy atom. The van der Waals surface area contributed by atoms with E-state index in [0.29, 0.717) is 5.95 Å². The van der Waals surface area contributed by atoms with E-state index in [1.165, 1.54) is 0 Å². The maximum Gasteiger partial charge on any atom is 0.249 e. The topological polar surface area (TPSA) is 53.9 Å². The molecule has 0 aliphatic rings. The van der Waals surface area contributed by atoms with Crippen LogP contribution in [-0.4, -0.2) is 22.2 Å². The van der Waals surface area contributed by atoms with Crippen molar-refractivity contribution in [1.82, 2.24) is 15.2 Å². The first-order valence-corrected chi connectivity index (χ1v) is 7.53. The first kappa shape index (κ1) is 14.5. The molecule has 0 amide bonds. The minimum atomic E-state index is 0.457. The van der Waals surface area contributed by atoms with Crippen LogP contribution in [0.1, 0.15) is 0 Å². The summed E-state index contributed by atoms with van der Waals surface area (Å²) in [6.45, 7) is 0. The molecule has 110 valence electrons. The van der Waals surface area contributed by atoms with Crippen molar-refractivity contribution in [2.45, 2.75) is 0 Å². The molecule has 0 fully saturated rings. The molecular formula is C16H14BrN5. The summed E-state index contributed by atoms with van der Waals surface area (Å²) in [6.07, 6.45) is 1.64. The quantitative estimate of drug-likeness (QED) is 0.761. The molecule has 2 aromatic carbocycles. The third-order valence-electron chi connectivity index (χ3n) is 3.11. The van der Waals surface area contributed by atoms with Gasteiger partial charge >= 0.3 is 0 Å². The van der Waals surface area contributed by atoms with Crippen LogP contribution in [-0.2, 0) is 0 Å². The van der Waals surface area contributed by atoms with Crippen LogP contribution >= 0.6 is 15.9 Å². The summed E-state index contributed by atoms with van der Waals surface area (Å²) in [5.41, 5.74) is 1.94. The summed E-state index contributed by atoms with van der Waals surface area (Å²) in [4.78, 5) is 6.46. The fraction of sp³-hybridized carbons (Fsp3) is 0.0625. The van der Waals surface area contributed by atoms with Crippen LogP contribution in [0.3, 0.4) is 0 Å². The van der Waals surface area contributed by atoms with E-state index in [0.717, 1.165) is 21.7 Å². The molecule has 0 aliphatic heterocycles. The molecule has 0 spiro atoms. The van der Waals surface area contributed by atoms with E-state index in [4.69, 9.17) is 0 Å². The lowest BCUT2D eigenvalue weighted by Gasteiger charge is -2.18. The highest BCUT2D eigenvalue weighted by molar-refractivity contribution is 9.10. The van der Waals surface area contributed by atoms with Crippen molar-refractivity contribution < 1.29 is 0 Å². The number of benzene rings is 2. The van der Waals surface area contributed by atoms with Crippen molar-refractivity contribution in [2.24, 2.45) is 0 Å². The van der Waals surface area contributed by atoms with Crippen molar-refractivity contribution in [1.29, 1.82) is 0 Å². The van der Waals surface area contributed by atoms with Crippen LogP contribution in [0.25, 0.3) is 0 Å². The van der Waals surface area contributed by atoms with Crippen molar-refractivity contribution in [2.75, 3.05) is 17.3 Å². The predicted octanol–water partition coefficient (Wildman–Crippen LogP) is 4.15. The Balaban J connectivity index is 1.83. The average Bonchev–Trinajstić information content (AvgIpc) is 2.55. The number of hydrogen-bond acceptors (Lipinski definition) is 5. The zero-order valence-corrected chi connectivity index (χ0v) is 13.5. The van der Waals surface area contributed by atoms with Gasteiger partial charge < -0.3 is 10.2 Å². The monoisotopic (exact) mass is 355 g/mol. The first-order chi connectivity index (χ1) is 10.7. The third kappa shape index (κ3) is 3.40. The molecule has 0 atom stereocenters. The summed E-state index contributed by atoms with van der Waals surface area (Å²) >= 11 is 3.44. The molecule has 3 rings (SSSR count). The van der Waals surface area contributed by atoms with Gasteiger partial charge in [-0.05, 0) is 30.3 Å². The average molecular weight is 356 g/mol. The lowest BCUT2D eigenvalue weighted by atomic mass is 10.3. The lowest BCUT2D eigenvalue weighted by Crippen LogP contribution is -2.13. The van der Waals surface area contributed by atoms with Crippen LogP contribution < -0.4 is 10.2 Å². The predicted molar refractivity (Wildman–Crippen MR) is 91.8 cm³/mol. The van der Waals surface area contributed by atoms with Gasteiger partial charge in [-0.1, -0.05) is 40.2 Å². The zero-order chi connectivity index (χ0) is 15.4. The molecule has 1 aromatic heterocycles. The van der Waals surface area contributed by atoms with Crippen molar-refractivity contribution in [3.63, 3.8) is 0 Å². The second-order valence-corrected chi connectivity index (χ2v) is 5.58. The SMILES string of the molecule is CN(c1ccccc1)c1cnnc(Nc2cccc(Br)c2)n1. The Morgan fingerprint density at radius 1 is 1.05 bits per heavy atom. The molecule has 0 saturated carbocycles. The first-order valence-electron chi connectivity index (χ1n) is 6.73. The van der Waals surface area contributed by atoms with Crippen LogP contribution in [0.4, 0.5) is 23.1 Å². The maximum atomic E-state index is 4.50. The summed E-state index contributed by atoms with van der Waals surface area (Å²) < 4.78 is 0.989. The van der Waals surface area contributed by atoms with Crippen molar-refractivity contribution >= 4 is 39.1 Å². The molecule has 0 bridgehead atoms. The van der Waals surface area contributed by atoms with Gasteiger partial charge in [0.25, 0.3) is 0 Å². The summed E-state index contributed by atoms with van der Waals surface area (Å²) in [7, 11) is 1.95. The van der Waals surface area contributed by atoms with Gasteiger partial charge in [-0.15, -0.1) is 5.10 Å². The number of hydrogen-bond donors (Lipinski definition) is 1. The highest BCUT2D eigenvalue weighted by atomic mass is 79.9. The van der Waals surface area contributed by atoms with E-state index in [-0.39, 0.29) is 0 Å². The van der Waals surface area contributed by atoms with E-state index in [2.05, 4.69) is 36.4 Å². The normalized spacial score (nSPS) is 10.3. The van der Waals surface area contributed by atoms with Gasteiger partial charge in [0.15, 0.2) is 5.82 Å². The van der Waals surface area contributed by atoms with Crippen LogP contribution in [0.5, 0.6) is 0 Å². The molecule has 0 radical (unpaired) electrons. The second kappa shape index (κ2) is 6.53. The standard InChI is InChI=1S/C16H14BrN5/c1-22(14-8-3-2-4-9-14)15-11-18-21-16(20-15)19-13-7-5-6-12(17)10-13/h2-11H,1H3,(H,19,20,21). The van der Waals surface area contributed by atoms with Crippen molar-refractivity contribution in [3.05, 3.63) is 65.3 Å². The highest BCUT2D eigenvalue weighted by Crippen LogP contribution is 2.22. The Morgan fingerprint density at radius 3 is 2.64 bits per heavy atom. The minimum absolute atomic E-state index is 0.457. The molecule has 3 aromatic rings. The summed E-state index contributed by atoms with van der Waals surface area (Å²) in [6, 6.07) is 17.8. The Hall–Kier alpha value is -2.47. The molecule has 0 unspecified atom stereocenters. The fourth-order valence-electron chi connectivity index (χ4n) is 1.99. The number of halogens is 1. The second-order valence-electron chi connectivity index (χ2n) is 4.67. The van der Waals surface area contributed by atoms with Crippen LogP contribution in [0.2, 0.25) is 0 Å². The minimum Gasteiger partial charge on any atom is -0.328 e. The lowest BCUT2D eigenvalue weighted by molar-refractivity contribution is 0.957. The van der Waals surface area contributed by atoms with Gasteiger partial charge in [0, 0.05) is 22.9 Å². The van der Waals surface area contributed by atoms with Gasteiger partial charge in [0.2, 0.25) is 5.95 Å². The summed E-state index contributed by atoms with van der Waals surface area (Å²) in [5.74, 6) is 1.18. The van der Waals surface area contributed by atoms with Gasteiger partial charge in [0.05, 0.1) is 6.20 Å². The Labute approximate surface area is 137 Å². The molecule has 1 heterocycles. The van der Waals surface area contributed by atoms with E-state index in [1.54, 1.807) is 6.20 Å². The molecule has 0 saturated heterocycles. The van der Waals surface area contributed by atoms with Crippen molar-refractivity contribution in [3.8, 4) is 0 Å². The van der Waals surface area contributed by atoms with Gasteiger partial charge in [-0.25, -0.2) is 0 Å². The summed E-state index contributed by atoms with van der Waals surface area (Å²) in [5, 5.41) is 11.2. The molecule has 1 N–H and O–H groups in total. The molecule has 5 nitrogen and oxygen atoms in total. The van der Waals surface area contributed by atoms with Gasteiger partial charge in [-0.2, -0.15) is 10.1 Å². The fourth-order valence-corrected chi connectivity index (χ4v) is 2.39. The largest absolute Gasteiger partial charge is 0.328 e. The third-order valence-corrected chi connectivity index (χ3v) is 3.61. The Bertz CT molecular complexity index is 763. The number of nitrogens with one attached hydrogen (secondary N) is 1. The number of anilines is 4. The van der Waals surface area contributed by atoms with E-state index >= 15 is 0 Å². The molecule has 0 aliphatic carbocycles. The van der Waals surface area contributed by atoms with Crippen LogP contribution in [0, 0.1) is 0 Å². The zero-order valence-electron chi connectivity index (χ0n) is 11.9. The van der Waals surface area contributed by atoms with E-state index < -0.39 is 0 Å².